The molecule has 0 saturated carbocycles. The SMILES string of the molecule is C=C(/C=C\C=C/Nc1ccccc1)c1ccc(-c2cc(-c3ccc4c(c3)c3ccccc3n4-c3ccc4ccccc4c3)ccc2Nc2ccc3ccccc3c2)cc1. The quantitative estimate of drug-likeness (QED) is 0.136. The Morgan fingerprint density at radius 1 is 0.458 bits per heavy atom. The smallest absolute Gasteiger partial charge is 0.0541 e. The number of allylic oxidation sites excluding steroid dienone is 4. The predicted octanol–water partition coefficient (Wildman–Crippen LogP) is 15.4. The van der Waals surface area contributed by atoms with Crippen LogP contribution in [0.25, 0.3) is 76.9 Å². The minimum absolute atomic E-state index is 0.945. The van der Waals surface area contributed by atoms with E-state index in [1.165, 1.54) is 48.9 Å². The highest BCUT2D eigenvalue weighted by molar-refractivity contribution is 6.11. The molecular weight excluding hydrogens is 715 g/mol. The van der Waals surface area contributed by atoms with Gasteiger partial charge in [-0.2, -0.15) is 0 Å². The Hall–Kier alpha value is -7.88. The molecule has 1 heterocycles. The summed E-state index contributed by atoms with van der Waals surface area (Å²) in [6, 6.07) is 71.6. The van der Waals surface area contributed by atoms with E-state index in [0.717, 1.165) is 50.6 Å². The van der Waals surface area contributed by atoms with Gasteiger partial charge in [-0.05, 0) is 122 Å². The van der Waals surface area contributed by atoms with E-state index in [1.807, 2.05) is 54.8 Å². The van der Waals surface area contributed by atoms with Crippen LogP contribution in [0.1, 0.15) is 5.56 Å². The number of para-hydroxylation sites is 2. The van der Waals surface area contributed by atoms with Gasteiger partial charge in [0.05, 0.1) is 11.0 Å². The van der Waals surface area contributed by atoms with Crippen molar-refractivity contribution in [3.05, 3.63) is 237 Å². The van der Waals surface area contributed by atoms with Crippen molar-refractivity contribution in [1.82, 2.24) is 4.57 Å². The van der Waals surface area contributed by atoms with Gasteiger partial charge in [-0.1, -0.05) is 152 Å². The number of nitrogens with one attached hydrogen (secondary N) is 2. The van der Waals surface area contributed by atoms with Crippen molar-refractivity contribution in [3.8, 4) is 27.9 Å². The molecule has 0 aliphatic heterocycles. The molecule has 10 aromatic rings. The minimum Gasteiger partial charge on any atom is -0.362 e. The van der Waals surface area contributed by atoms with E-state index in [2.05, 4.69) is 192 Å². The Morgan fingerprint density at radius 3 is 1.92 bits per heavy atom. The van der Waals surface area contributed by atoms with E-state index in [1.54, 1.807) is 0 Å². The zero-order valence-corrected chi connectivity index (χ0v) is 32.5. The highest BCUT2D eigenvalue weighted by atomic mass is 15.0. The third-order valence-corrected chi connectivity index (χ3v) is 11.1. The molecule has 3 heteroatoms. The van der Waals surface area contributed by atoms with Gasteiger partial charge in [0.1, 0.15) is 0 Å². The molecule has 0 aliphatic carbocycles. The fraction of sp³-hybridized carbons (Fsp3) is 0. The summed E-state index contributed by atoms with van der Waals surface area (Å²) >= 11 is 0. The van der Waals surface area contributed by atoms with Gasteiger partial charge in [0, 0.05) is 45.3 Å². The molecular formula is C56H41N3. The molecule has 3 nitrogen and oxygen atoms in total. The van der Waals surface area contributed by atoms with Crippen molar-refractivity contribution in [2.24, 2.45) is 0 Å². The normalized spacial score (nSPS) is 11.7. The highest BCUT2D eigenvalue weighted by Gasteiger charge is 2.15. The Kier molecular flexibility index (Phi) is 9.38. The number of hydrogen-bond donors (Lipinski definition) is 2. The standard InChI is InChI=1S/C56H41N3/c1-39(13-11-12-34-57-48-18-3-2-4-19-48)40-22-24-43(25-23-40)52-37-46(28-32-54(52)58-49-30-26-41-14-5-7-16-44(41)35-49)47-29-33-56-53(38-47)51-20-9-10-21-55(51)59(56)50-31-27-42-15-6-8-17-45(42)36-50/h2-38,57-58H,1H2/b13-11-,34-12-. The predicted molar refractivity (Wildman–Crippen MR) is 254 cm³/mol. The Morgan fingerprint density at radius 2 is 1.10 bits per heavy atom. The molecule has 0 aliphatic rings. The van der Waals surface area contributed by atoms with Gasteiger partial charge in [0.25, 0.3) is 0 Å². The first-order valence-corrected chi connectivity index (χ1v) is 20.0. The Balaban J connectivity index is 1.01. The first kappa shape index (κ1) is 35.5. The Bertz CT molecular complexity index is 3220. The minimum atomic E-state index is 0.945. The highest BCUT2D eigenvalue weighted by Crippen LogP contribution is 2.39. The summed E-state index contributed by atoms with van der Waals surface area (Å²) < 4.78 is 2.39. The molecule has 280 valence electrons. The molecule has 0 unspecified atom stereocenters. The molecule has 0 spiro atoms. The van der Waals surface area contributed by atoms with Crippen LogP contribution in [-0.2, 0) is 0 Å². The topological polar surface area (TPSA) is 29.0 Å². The van der Waals surface area contributed by atoms with Crippen LogP contribution < -0.4 is 10.6 Å². The van der Waals surface area contributed by atoms with Gasteiger partial charge in [-0.3, -0.25) is 0 Å². The molecule has 0 radical (unpaired) electrons. The maximum atomic E-state index is 4.36. The van der Waals surface area contributed by atoms with Crippen molar-refractivity contribution in [1.29, 1.82) is 0 Å². The number of fused-ring (bicyclic) bond motifs is 5. The zero-order chi connectivity index (χ0) is 39.5. The number of anilines is 3. The third-order valence-electron chi connectivity index (χ3n) is 11.1. The second-order valence-electron chi connectivity index (χ2n) is 14.9. The molecule has 0 amide bonds. The first-order valence-electron chi connectivity index (χ1n) is 20.0. The van der Waals surface area contributed by atoms with Gasteiger partial charge < -0.3 is 15.2 Å². The zero-order valence-electron chi connectivity index (χ0n) is 32.5. The van der Waals surface area contributed by atoms with Gasteiger partial charge in [0.15, 0.2) is 0 Å². The Labute approximate surface area is 344 Å². The van der Waals surface area contributed by atoms with Crippen molar-refractivity contribution >= 4 is 66.0 Å². The van der Waals surface area contributed by atoms with E-state index in [9.17, 15) is 0 Å². The average molecular weight is 756 g/mol. The van der Waals surface area contributed by atoms with Crippen LogP contribution in [0.5, 0.6) is 0 Å². The fourth-order valence-electron chi connectivity index (χ4n) is 8.11. The van der Waals surface area contributed by atoms with E-state index in [4.69, 9.17) is 0 Å². The summed E-state index contributed by atoms with van der Waals surface area (Å²) in [4.78, 5) is 0. The van der Waals surface area contributed by atoms with Crippen LogP contribution in [0.4, 0.5) is 17.1 Å². The summed E-state index contributed by atoms with van der Waals surface area (Å²) in [6.45, 7) is 4.36. The molecule has 59 heavy (non-hydrogen) atoms. The molecule has 0 fully saturated rings. The molecule has 0 bridgehead atoms. The lowest BCUT2D eigenvalue weighted by Gasteiger charge is -2.16. The van der Waals surface area contributed by atoms with Crippen molar-refractivity contribution in [3.63, 3.8) is 0 Å². The number of rotatable bonds is 10. The number of hydrogen-bond acceptors (Lipinski definition) is 2. The van der Waals surface area contributed by atoms with E-state index in [-0.39, 0.29) is 0 Å². The largest absolute Gasteiger partial charge is 0.362 e. The van der Waals surface area contributed by atoms with Crippen LogP contribution in [-0.4, -0.2) is 4.57 Å². The molecule has 9 aromatic carbocycles. The fourth-order valence-corrected chi connectivity index (χ4v) is 8.11. The number of benzene rings is 9. The molecule has 0 saturated heterocycles. The van der Waals surface area contributed by atoms with Crippen LogP contribution in [0.15, 0.2) is 231 Å². The number of aromatic nitrogens is 1. The van der Waals surface area contributed by atoms with E-state index < -0.39 is 0 Å². The van der Waals surface area contributed by atoms with Crippen molar-refractivity contribution in [2.75, 3.05) is 10.6 Å². The molecule has 1 aromatic heterocycles. The first-order chi connectivity index (χ1) is 29.1. The lowest BCUT2D eigenvalue weighted by molar-refractivity contribution is 1.19. The summed E-state index contributed by atoms with van der Waals surface area (Å²) in [6.07, 6.45) is 7.97. The second kappa shape index (κ2) is 15.6. The summed E-state index contributed by atoms with van der Waals surface area (Å²) in [5.74, 6) is 0. The lowest BCUT2D eigenvalue weighted by Crippen LogP contribution is -1.95. The average Bonchev–Trinajstić information content (AvgIpc) is 3.63. The summed E-state index contributed by atoms with van der Waals surface area (Å²) in [5.41, 5.74) is 13.3. The molecule has 2 N–H and O–H groups in total. The van der Waals surface area contributed by atoms with Gasteiger partial charge >= 0.3 is 0 Å². The maximum absolute atomic E-state index is 4.36. The maximum Gasteiger partial charge on any atom is 0.0541 e. The summed E-state index contributed by atoms with van der Waals surface area (Å²) in [5, 5.41) is 14.4. The second-order valence-corrected chi connectivity index (χ2v) is 14.9. The third kappa shape index (κ3) is 7.18. The van der Waals surface area contributed by atoms with Crippen molar-refractivity contribution in [2.45, 2.75) is 0 Å². The lowest BCUT2D eigenvalue weighted by atomic mass is 9.95. The van der Waals surface area contributed by atoms with Gasteiger partial charge in [-0.25, -0.2) is 0 Å². The number of nitrogens with zero attached hydrogens (tertiary/aromatic N) is 1. The van der Waals surface area contributed by atoms with Crippen LogP contribution in [0.3, 0.4) is 0 Å². The van der Waals surface area contributed by atoms with Gasteiger partial charge in [-0.15, -0.1) is 0 Å². The van der Waals surface area contributed by atoms with Crippen LogP contribution in [0, 0.1) is 0 Å². The van der Waals surface area contributed by atoms with Crippen LogP contribution in [0.2, 0.25) is 0 Å². The van der Waals surface area contributed by atoms with E-state index >= 15 is 0 Å². The summed E-state index contributed by atoms with van der Waals surface area (Å²) in [7, 11) is 0. The molecule has 10 rings (SSSR count). The van der Waals surface area contributed by atoms with Crippen LogP contribution >= 0.6 is 0 Å². The van der Waals surface area contributed by atoms with Crippen molar-refractivity contribution < 1.29 is 0 Å². The van der Waals surface area contributed by atoms with E-state index in [0.29, 0.717) is 0 Å². The molecule has 0 atom stereocenters. The monoisotopic (exact) mass is 755 g/mol. The van der Waals surface area contributed by atoms with Gasteiger partial charge in [0.2, 0.25) is 0 Å².